The molecule has 0 saturated carbocycles. The van der Waals surface area contributed by atoms with E-state index in [0.29, 0.717) is 25.0 Å². The summed E-state index contributed by atoms with van der Waals surface area (Å²) in [4.78, 5) is 27.2. The standard InChI is InChI=1S/C17H25N3O3S/c21-16(17(22)19-11-15-2-1-9-24-15)18-10-13-3-6-20(7-4-13)14-5-8-23-12-14/h1-2,9,13-14H,3-8,10-12H2,(H,18,21)(H,19,22)/t14-/m1/s1. The molecular weight excluding hydrogens is 326 g/mol. The number of amides is 2. The van der Waals surface area contributed by atoms with Crippen molar-refractivity contribution < 1.29 is 14.3 Å². The third-order valence-corrected chi connectivity index (χ3v) is 5.71. The predicted octanol–water partition coefficient (Wildman–Crippen LogP) is 0.981. The van der Waals surface area contributed by atoms with Crippen LogP contribution in [0.2, 0.25) is 0 Å². The zero-order valence-corrected chi connectivity index (χ0v) is 14.6. The lowest BCUT2D eigenvalue weighted by Crippen LogP contribution is -2.45. The van der Waals surface area contributed by atoms with E-state index in [-0.39, 0.29) is 0 Å². The van der Waals surface area contributed by atoms with Gasteiger partial charge in [0, 0.05) is 24.1 Å². The fourth-order valence-corrected chi connectivity index (χ4v) is 3.95. The van der Waals surface area contributed by atoms with Crippen molar-refractivity contribution in [3.63, 3.8) is 0 Å². The van der Waals surface area contributed by atoms with Gasteiger partial charge in [0.2, 0.25) is 0 Å². The molecule has 2 saturated heterocycles. The average Bonchev–Trinajstić information content (AvgIpc) is 3.31. The first-order valence-corrected chi connectivity index (χ1v) is 9.50. The van der Waals surface area contributed by atoms with Gasteiger partial charge in [-0.2, -0.15) is 0 Å². The number of hydrogen-bond acceptors (Lipinski definition) is 5. The van der Waals surface area contributed by atoms with Crippen LogP contribution in [0.5, 0.6) is 0 Å². The molecule has 0 aliphatic carbocycles. The fraction of sp³-hybridized carbons (Fsp3) is 0.647. The van der Waals surface area contributed by atoms with Crippen molar-refractivity contribution >= 4 is 23.2 Å². The highest BCUT2D eigenvalue weighted by Gasteiger charge is 2.28. The first-order chi connectivity index (χ1) is 11.7. The number of nitrogens with one attached hydrogen (secondary N) is 2. The van der Waals surface area contributed by atoms with Crippen molar-refractivity contribution in [2.75, 3.05) is 32.8 Å². The molecule has 1 aromatic rings. The average molecular weight is 351 g/mol. The molecule has 0 spiro atoms. The van der Waals surface area contributed by atoms with Crippen LogP contribution in [0.4, 0.5) is 0 Å². The van der Waals surface area contributed by atoms with Crippen molar-refractivity contribution in [2.24, 2.45) is 5.92 Å². The molecule has 1 aromatic heterocycles. The van der Waals surface area contributed by atoms with Gasteiger partial charge in [-0.1, -0.05) is 6.07 Å². The lowest BCUT2D eigenvalue weighted by atomic mass is 9.95. The van der Waals surface area contributed by atoms with Crippen LogP contribution in [0.25, 0.3) is 0 Å². The van der Waals surface area contributed by atoms with Crippen molar-refractivity contribution in [3.05, 3.63) is 22.4 Å². The fourth-order valence-electron chi connectivity index (χ4n) is 3.31. The number of ether oxygens (including phenoxy) is 1. The molecule has 0 aromatic carbocycles. The lowest BCUT2D eigenvalue weighted by molar-refractivity contribution is -0.139. The van der Waals surface area contributed by atoms with E-state index in [2.05, 4.69) is 15.5 Å². The summed E-state index contributed by atoms with van der Waals surface area (Å²) >= 11 is 1.56. The van der Waals surface area contributed by atoms with Crippen LogP contribution in [0.1, 0.15) is 24.1 Å². The third kappa shape index (κ3) is 4.78. The second-order valence-electron chi connectivity index (χ2n) is 6.47. The normalized spacial score (nSPS) is 22.4. The summed E-state index contributed by atoms with van der Waals surface area (Å²) in [6.45, 7) is 4.83. The lowest BCUT2D eigenvalue weighted by Gasteiger charge is -2.35. The monoisotopic (exact) mass is 351 g/mol. The number of thiophene rings is 1. The van der Waals surface area contributed by atoms with Gasteiger partial charge in [0.25, 0.3) is 0 Å². The molecule has 3 heterocycles. The molecule has 2 fully saturated rings. The molecule has 1 atom stereocenters. The molecular formula is C17H25N3O3S. The number of nitrogens with zero attached hydrogens (tertiary/aromatic N) is 1. The van der Waals surface area contributed by atoms with E-state index in [1.165, 1.54) is 0 Å². The number of likely N-dealkylation sites (tertiary alicyclic amines) is 1. The van der Waals surface area contributed by atoms with Gasteiger partial charge in [-0.15, -0.1) is 11.3 Å². The Morgan fingerprint density at radius 1 is 1.21 bits per heavy atom. The van der Waals surface area contributed by atoms with Crippen molar-refractivity contribution in [1.82, 2.24) is 15.5 Å². The van der Waals surface area contributed by atoms with Crippen LogP contribution < -0.4 is 10.6 Å². The minimum atomic E-state index is -0.552. The number of piperidine rings is 1. The van der Waals surface area contributed by atoms with Gasteiger partial charge >= 0.3 is 11.8 Å². The van der Waals surface area contributed by atoms with Crippen LogP contribution in [-0.2, 0) is 20.9 Å². The van der Waals surface area contributed by atoms with Crippen LogP contribution in [0.3, 0.4) is 0 Å². The van der Waals surface area contributed by atoms with E-state index >= 15 is 0 Å². The maximum Gasteiger partial charge on any atom is 0.309 e. The second-order valence-corrected chi connectivity index (χ2v) is 7.50. The van der Waals surface area contributed by atoms with Gasteiger partial charge in [0.15, 0.2) is 0 Å². The maximum absolute atomic E-state index is 11.9. The summed E-state index contributed by atoms with van der Waals surface area (Å²) in [5.41, 5.74) is 0. The Morgan fingerprint density at radius 3 is 2.67 bits per heavy atom. The third-order valence-electron chi connectivity index (χ3n) is 4.83. The second kappa shape index (κ2) is 8.60. The molecule has 7 heteroatoms. The van der Waals surface area contributed by atoms with Gasteiger partial charge in [-0.3, -0.25) is 14.5 Å². The number of carbonyl (C=O) groups excluding carboxylic acids is 2. The summed E-state index contributed by atoms with van der Waals surface area (Å²) < 4.78 is 5.45. The first-order valence-electron chi connectivity index (χ1n) is 8.62. The largest absolute Gasteiger partial charge is 0.380 e. The number of hydrogen-bond donors (Lipinski definition) is 2. The van der Waals surface area contributed by atoms with Crippen LogP contribution in [-0.4, -0.2) is 55.6 Å². The summed E-state index contributed by atoms with van der Waals surface area (Å²) in [7, 11) is 0. The van der Waals surface area contributed by atoms with Crippen LogP contribution in [0.15, 0.2) is 17.5 Å². The number of rotatable bonds is 5. The van der Waals surface area contributed by atoms with Gasteiger partial charge in [0.05, 0.1) is 13.2 Å². The molecule has 0 radical (unpaired) electrons. The summed E-state index contributed by atoms with van der Waals surface area (Å²) in [6, 6.07) is 4.44. The first kappa shape index (κ1) is 17.4. The molecule has 2 N–H and O–H groups in total. The van der Waals surface area contributed by atoms with Gasteiger partial charge < -0.3 is 15.4 Å². The van der Waals surface area contributed by atoms with Crippen molar-refractivity contribution in [1.29, 1.82) is 0 Å². The molecule has 6 nitrogen and oxygen atoms in total. The molecule has 0 bridgehead atoms. The summed E-state index contributed by atoms with van der Waals surface area (Å²) in [5.74, 6) is -0.625. The summed E-state index contributed by atoms with van der Waals surface area (Å²) in [5, 5.41) is 7.38. The van der Waals surface area contributed by atoms with E-state index in [1.807, 2.05) is 17.5 Å². The van der Waals surface area contributed by atoms with E-state index in [0.717, 1.165) is 50.4 Å². The number of carbonyl (C=O) groups is 2. The Kier molecular flexibility index (Phi) is 6.23. The molecule has 2 aliphatic rings. The Morgan fingerprint density at radius 2 is 2.00 bits per heavy atom. The predicted molar refractivity (Wildman–Crippen MR) is 92.7 cm³/mol. The molecule has 0 unspecified atom stereocenters. The molecule has 2 aliphatic heterocycles. The Bertz CT molecular complexity index is 535. The van der Waals surface area contributed by atoms with Crippen LogP contribution in [0, 0.1) is 5.92 Å². The van der Waals surface area contributed by atoms with E-state index in [9.17, 15) is 9.59 Å². The minimum absolute atomic E-state index is 0.409. The van der Waals surface area contributed by atoms with E-state index in [4.69, 9.17) is 4.74 Å². The van der Waals surface area contributed by atoms with E-state index in [1.54, 1.807) is 11.3 Å². The van der Waals surface area contributed by atoms with Crippen molar-refractivity contribution in [3.8, 4) is 0 Å². The highest BCUT2D eigenvalue weighted by Crippen LogP contribution is 2.21. The highest BCUT2D eigenvalue weighted by molar-refractivity contribution is 7.09. The summed E-state index contributed by atoms with van der Waals surface area (Å²) in [6.07, 6.45) is 3.26. The molecule has 3 rings (SSSR count). The topological polar surface area (TPSA) is 70.7 Å². The highest BCUT2D eigenvalue weighted by atomic mass is 32.1. The smallest absolute Gasteiger partial charge is 0.309 e. The Hall–Kier alpha value is -1.44. The minimum Gasteiger partial charge on any atom is -0.380 e. The quantitative estimate of drug-likeness (QED) is 0.776. The molecule has 24 heavy (non-hydrogen) atoms. The van der Waals surface area contributed by atoms with Gasteiger partial charge in [0.1, 0.15) is 0 Å². The van der Waals surface area contributed by atoms with Gasteiger partial charge in [-0.05, 0) is 49.7 Å². The van der Waals surface area contributed by atoms with Crippen molar-refractivity contribution in [2.45, 2.75) is 31.8 Å². The zero-order valence-electron chi connectivity index (χ0n) is 13.8. The molecule has 132 valence electrons. The van der Waals surface area contributed by atoms with Gasteiger partial charge in [-0.25, -0.2) is 0 Å². The maximum atomic E-state index is 11.9. The SMILES string of the molecule is O=C(NCc1cccs1)C(=O)NCC1CCN([C@@H]2CCOC2)CC1. The molecule has 2 amide bonds. The van der Waals surface area contributed by atoms with E-state index < -0.39 is 11.8 Å². The van der Waals surface area contributed by atoms with Crippen LogP contribution >= 0.6 is 11.3 Å². The Balaban J connectivity index is 1.32. The zero-order chi connectivity index (χ0) is 16.8. The Labute approximate surface area is 146 Å².